The zero-order valence-electron chi connectivity index (χ0n) is 11.6. The molecule has 2 aliphatic heterocycles. The summed E-state index contributed by atoms with van der Waals surface area (Å²) in [4.78, 5) is 15.1. The topological polar surface area (TPSA) is 41.6 Å². The van der Waals surface area contributed by atoms with Crippen LogP contribution in [0.25, 0.3) is 0 Å². The first-order valence-corrected chi connectivity index (χ1v) is 7.52. The molecule has 0 bridgehead atoms. The number of hydrogen-bond donors (Lipinski definition) is 1. The predicted molar refractivity (Wildman–Crippen MR) is 75.3 cm³/mol. The van der Waals surface area contributed by atoms with Crippen LogP contribution in [-0.4, -0.2) is 36.2 Å². The van der Waals surface area contributed by atoms with Gasteiger partial charge in [0, 0.05) is 29.9 Å². The third-order valence-corrected chi connectivity index (χ3v) is 4.70. The van der Waals surface area contributed by atoms with Gasteiger partial charge in [-0.3, -0.25) is 0 Å². The molecule has 0 aliphatic carbocycles. The van der Waals surface area contributed by atoms with E-state index in [1.54, 1.807) is 11.3 Å². The van der Waals surface area contributed by atoms with E-state index in [9.17, 15) is 4.79 Å². The minimum absolute atomic E-state index is 0.185. The largest absolute Gasteiger partial charge is 0.444 e. The fourth-order valence-corrected chi connectivity index (χ4v) is 3.76. The SMILES string of the molecule is CC(C)(C)OC(=O)N1CC2(CN[C@@H]2c2cccs2)C1. The Bertz CT molecular complexity index is 472. The summed E-state index contributed by atoms with van der Waals surface area (Å²) in [6.07, 6.45) is -0.185. The number of nitrogens with one attached hydrogen (secondary N) is 1. The van der Waals surface area contributed by atoms with Gasteiger partial charge in [-0.25, -0.2) is 4.79 Å². The number of amides is 1. The van der Waals surface area contributed by atoms with Gasteiger partial charge in [0.15, 0.2) is 0 Å². The number of hydrogen-bond acceptors (Lipinski definition) is 4. The fourth-order valence-electron chi connectivity index (χ4n) is 2.81. The lowest BCUT2D eigenvalue weighted by atomic mass is 9.67. The average Bonchev–Trinajstić information content (AvgIpc) is 2.63. The van der Waals surface area contributed by atoms with Crippen LogP contribution in [0.2, 0.25) is 0 Å². The molecule has 1 aromatic heterocycles. The first-order chi connectivity index (χ1) is 8.90. The Labute approximate surface area is 117 Å². The zero-order chi connectivity index (χ0) is 13.7. The number of thiophene rings is 1. The molecule has 3 heterocycles. The van der Waals surface area contributed by atoms with Crippen molar-refractivity contribution in [2.24, 2.45) is 5.41 Å². The number of nitrogens with zero attached hydrogens (tertiary/aromatic N) is 1. The molecule has 1 spiro atoms. The van der Waals surface area contributed by atoms with E-state index in [2.05, 4.69) is 22.8 Å². The smallest absolute Gasteiger partial charge is 0.410 e. The Morgan fingerprint density at radius 1 is 1.53 bits per heavy atom. The number of rotatable bonds is 1. The minimum Gasteiger partial charge on any atom is -0.444 e. The van der Waals surface area contributed by atoms with Crippen molar-refractivity contribution in [2.75, 3.05) is 19.6 Å². The van der Waals surface area contributed by atoms with E-state index in [-0.39, 0.29) is 11.5 Å². The second-order valence-electron chi connectivity index (χ2n) is 6.53. The first kappa shape index (κ1) is 12.9. The van der Waals surface area contributed by atoms with Gasteiger partial charge in [0.05, 0.1) is 6.04 Å². The molecule has 0 aromatic carbocycles. The van der Waals surface area contributed by atoms with Crippen LogP contribution in [0.5, 0.6) is 0 Å². The van der Waals surface area contributed by atoms with Crippen molar-refractivity contribution < 1.29 is 9.53 Å². The molecule has 0 saturated carbocycles. The molecule has 19 heavy (non-hydrogen) atoms. The molecule has 5 heteroatoms. The lowest BCUT2D eigenvalue weighted by molar-refractivity contribution is -0.0845. The monoisotopic (exact) mass is 280 g/mol. The maximum atomic E-state index is 11.9. The first-order valence-electron chi connectivity index (χ1n) is 6.64. The van der Waals surface area contributed by atoms with Crippen molar-refractivity contribution in [2.45, 2.75) is 32.4 Å². The van der Waals surface area contributed by atoms with Gasteiger partial charge in [-0.05, 0) is 32.2 Å². The summed E-state index contributed by atoms with van der Waals surface area (Å²) < 4.78 is 5.40. The minimum atomic E-state index is -0.412. The molecule has 0 unspecified atom stereocenters. The Hall–Kier alpha value is -1.07. The van der Waals surface area contributed by atoms with Crippen molar-refractivity contribution >= 4 is 17.4 Å². The molecule has 1 aromatic rings. The van der Waals surface area contributed by atoms with Gasteiger partial charge in [0.1, 0.15) is 5.60 Å². The number of carbonyl (C=O) groups excluding carboxylic acids is 1. The third kappa shape index (κ3) is 2.25. The molecule has 3 rings (SSSR count). The number of carbonyl (C=O) groups is 1. The van der Waals surface area contributed by atoms with Crippen LogP contribution in [-0.2, 0) is 4.74 Å². The third-order valence-electron chi connectivity index (χ3n) is 3.76. The van der Waals surface area contributed by atoms with Crippen molar-refractivity contribution in [1.29, 1.82) is 0 Å². The number of ether oxygens (including phenoxy) is 1. The highest BCUT2D eigenvalue weighted by Gasteiger charge is 2.57. The molecule has 1 atom stereocenters. The maximum Gasteiger partial charge on any atom is 0.410 e. The molecule has 2 fully saturated rings. The second-order valence-corrected chi connectivity index (χ2v) is 7.51. The maximum absolute atomic E-state index is 11.9. The van der Waals surface area contributed by atoms with Crippen LogP contribution >= 0.6 is 11.3 Å². The molecule has 1 amide bonds. The Morgan fingerprint density at radius 2 is 2.26 bits per heavy atom. The fraction of sp³-hybridized carbons (Fsp3) is 0.643. The molecular formula is C14H20N2O2S. The molecule has 1 N–H and O–H groups in total. The van der Waals surface area contributed by atoms with E-state index in [4.69, 9.17) is 4.74 Å². The summed E-state index contributed by atoms with van der Waals surface area (Å²) in [5, 5.41) is 5.58. The second kappa shape index (κ2) is 4.21. The van der Waals surface area contributed by atoms with E-state index in [0.29, 0.717) is 6.04 Å². The van der Waals surface area contributed by atoms with E-state index in [0.717, 1.165) is 19.6 Å². The predicted octanol–water partition coefficient (Wildman–Crippen LogP) is 2.63. The molecule has 0 radical (unpaired) electrons. The van der Waals surface area contributed by atoms with E-state index < -0.39 is 5.60 Å². The summed E-state index contributed by atoms with van der Waals surface area (Å²) in [6.45, 7) is 8.31. The number of likely N-dealkylation sites (tertiary alicyclic amines) is 1. The van der Waals surface area contributed by atoms with E-state index in [1.807, 2.05) is 25.7 Å². The average molecular weight is 280 g/mol. The molecule has 4 nitrogen and oxygen atoms in total. The van der Waals surface area contributed by atoms with E-state index in [1.165, 1.54) is 4.88 Å². The van der Waals surface area contributed by atoms with Gasteiger partial charge >= 0.3 is 6.09 Å². The quantitative estimate of drug-likeness (QED) is 0.860. The summed E-state index contributed by atoms with van der Waals surface area (Å²) in [5.74, 6) is 0. The molecule has 2 aliphatic rings. The molecular weight excluding hydrogens is 260 g/mol. The van der Waals surface area contributed by atoms with Crippen molar-refractivity contribution in [1.82, 2.24) is 10.2 Å². The Kier molecular flexibility index (Phi) is 2.87. The van der Waals surface area contributed by atoms with Crippen molar-refractivity contribution in [3.8, 4) is 0 Å². The molecule has 104 valence electrons. The van der Waals surface area contributed by atoms with Crippen LogP contribution < -0.4 is 5.32 Å². The normalized spacial score (nSPS) is 24.8. The Morgan fingerprint density at radius 3 is 2.74 bits per heavy atom. The summed E-state index contributed by atoms with van der Waals surface area (Å²) in [6, 6.07) is 4.66. The highest BCUT2D eigenvalue weighted by Crippen LogP contribution is 2.49. The highest BCUT2D eigenvalue weighted by molar-refractivity contribution is 7.10. The van der Waals surface area contributed by atoms with Gasteiger partial charge in [-0.15, -0.1) is 11.3 Å². The summed E-state index contributed by atoms with van der Waals surface area (Å²) in [5.41, 5.74) is -0.174. The highest BCUT2D eigenvalue weighted by atomic mass is 32.1. The van der Waals surface area contributed by atoms with Crippen LogP contribution in [0.1, 0.15) is 31.7 Å². The summed E-state index contributed by atoms with van der Waals surface area (Å²) in [7, 11) is 0. The lowest BCUT2D eigenvalue weighted by Crippen LogP contribution is -2.73. The lowest BCUT2D eigenvalue weighted by Gasteiger charge is -2.60. The van der Waals surface area contributed by atoms with Gasteiger partial charge < -0.3 is 15.0 Å². The van der Waals surface area contributed by atoms with Crippen LogP contribution in [0.4, 0.5) is 4.79 Å². The van der Waals surface area contributed by atoms with Crippen molar-refractivity contribution in [3.63, 3.8) is 0 Å². The van der Waals surface area contributed by atoms with Gasteiger partial charge in [0.2, 0.25) is 0 Å². The van der Waals surface area contributed by atoms with Crippen LogP contribution in [0, 0.1) is 5.41 Å². The van der Waals surface area contributed by atoms with E-state index >= 15 is 0 Å². The summed E-state index contributed by atoms with van der Waals surface area (Å²) >= 11 is 1.78. The zero-order valence-corrected chi connectivity index (χ0v) is 12.4. The van der Waals surface area contributed by atoms with Gasteiger partial charge in [-0.1, -0.05) is 6.07 Å². The standard InChI is InChI=1S/C14H20N2O2S/c1-13(2,3)18-12(17)16-8-14(9-16)7-15-11(14)10-5-4-6-19-10/h4-6,11,15H,7-9H2,1-3H3/t11-/m1/s1. The molecule has 2 saturated heterocycles. The van der Waals surface area contributed by atoms with Crippen LogP contribution in [0.15, 0.2) is 17.5 Å². The van der Waals surface area contributed by atoms with Gasteiger partial charge in [0.25, 0.3) is 0 Å². The van der Waals surface area contributed by atoms with Gasteiger partial charge in [-0.2, -0.15) is 0 Å². The van der Waals surface area contributed by atoms with Crippen LogP contribution in [0.3, 0.4) is 0 Å². The Balaban J connectivity index is 1.59. The van der Waals surface area contributed by atoms with Crippen molar-refractivity contribution in [3.05, 3.63) is 22.4 Å².